The van der Waals surface area contributed by atoms with Crippen molar-refractivity contribution in [1.29, 1.82) is 0 Å². The van der Waals surface area contributed by atoms with E-state index in [0.29, 0.717) is 0 Å². The van der Waals surface area contributed by atoms with E-state index in [4.69, 9.17) is 10.8 Å². The van der Waals surface area contributed by atoms with Gasteiger partial charge >= 0.3 is 11.9 Å². The van der Waals surface area contributed by atoms with Crippen LogP contribution in [0.2, 0.25) is 0 Å². The first-order chi connectivity index (χ1) is 7.52. The van der Waals surface area contributed by atoms with Gasteiger partial charge in [-0.3, -0.25) is 9.59 Å². The van der Waals surface area contributed by atoms with Crippen LogP contribution in [0.15, 0.2) is 0 Å². The van der Waals surface area contributed by atoms with E-state index < -0.39 is 23.9 Å². The molecule has 90 valence electrons. The van der Waals surface area contributed by atoms with Crippen LogP contribution in [0.1, 0.15) is 25.7 Å². The Labute approximate surface area is 93.6 Å². The van der Waals surface area contributed by atoms with Crippen LogP contribution in [0.3, 0.4) is 0 Å². The summed E-state index contributed by atoms with van der Waals surface area (Å²) in [5.41, 5.74) is 5.64. The van der Waals surface area contributed by atoms with Gasteiger partial charge in [0.1, 0.15) is 6.04 Å². The van der Waals surface area contributed by atoms with E-state index in [1.807, 2.05) is 0 Å². The van der Waals surface area contributed by atoms with Gasteiger partial charge in [0.2, 0.25) is 0 Å². The molecule has 4 N–H and O–H groups in total. The standard InChI is InChI=1S/C11H17NO4/c12-9(11(15)16)7(5-1-2-5)8(10(13)14)6-3-4-6/h5-9H,1-4,12H2,(H,13,14)(H,15,16)/t7?,8?,9-/m0/s1. The minimum absolute atomic E-state index is 0.147. The third-order valence-corrected chi connectivity index (χ3v) is 3.70. The van der Waals surface area contributed by atoms with Crippen LogP contribution in [-0.4, -0.2) is 28.2 Å². The fraction of sp³-hybridized carbons (Fsp3) is 0.818. The third-order valence-electron chi connectivity index (χ3n) is 3.70. The lowest BCUT2D eigenvalue weighted by Gasteiger charge is -2.26. The Morgan fingerprint density at radius 2 is 1.50 bits per heavy atom. The second-order valence-corrected chi connectivity index (χ2v) is 4.98. The molecule has 0 bridgehead atoms. The van der Waals surface area contributed by atoms with Gasteiger partial charge in [0.05, 0.1) is 5.92 Å². The first-order valence-corrected chi connectivity index (χ1v) is 5.73. The molecular formula is C11H17NO4. The maximum atomic E-state index is 11.2. The first-order valence-electron chi connectivity index (χ1n) is 5.73. The Hall–Kier alpha value is -1.10. The van der Waals surface area contributed by atoms with Gasteiger partial charge in [-0.05, 0) is 37.5 Å². The zero-order valence-corrected chi connectivity index (χ0v) is 9.00. The lowest BCUT2D eigenvalue weighted by molar-refractivity contribution is -0.148. The van der Waals surface area contributed by atoms with Gasteiger partial charge in [-0.1, -0.05) is 0 Å². The summed E-state index contributed by atoms with van der Waals surface area (Å²) in [4.78, 5) is 22.2. The summed E-state index contributed by atoms with van der Waals surface area (Å²) in [5, 5.41) is 18.2. The minimum Gasteiger partial charge on any atom is -0.481 e. The van der Waals surface area contributed by atoms with Crippen molar-refractivity contribution in [3.05, 3.63) is 0 Å². The van der Waals surface area contributed by atoms with Crippen molar-refractivity contribution in [2.24, 2.45) is 29.4 Å². The van der Waals surface area contributed by atoms with Crippen molar-refractivity contribution in [3.63, 3.8) is 0 Å². The second kappa shape index (κ2) is 4.05. The topological polar surface area (TPSA) is 101 Å². The molecule has 0 aromatic carbocycles. The summed E-state index contributed by atoms with van der Waals surface area (Å²) in [6, 6.07) is -1.03. The molecule has 0 amide bonds. The zero-order valence-electron chi connectivity index (χ0n) is 9.00. The predicted molar refractivity (Wildman–Crippen MR) is 55.7 cm³/mol. The number of nitrogens with two attached hydrogens (primary N) is 1. The second-order valence-electron chi connectivity index (χ2n) is 4.98. The smallest absolute Gasteiger partial charge is 0.320 e. The van der Waals surface area contributed by atoms with E-state index in [0.717, 1.165) is 25.7 Å². The number of aliphatic carboxylic acids is 2. The number of carbonyl (C=O) groups is 2. The SMILES string of the molecule is N[C@H](C(=O)O)C(C1CC1)C(C(=O)O)C1CC1. The molecule has 2 aliphatic carbocycles. The van der Waals surface area contributed by atoms with Crippen LogP contribution in [0, 0.1) is 23.7 Å². The highest BCUT2D eigenvalue weighted by molar-refractivity contribution is 5.77. The molecule has 2 rings (SSSR count). The van der Waals surface area contributed by atoms with Crippen molar-refractivity contribution < 1.29 is 19.8 Å². The molecule has 2 aliphatic rings. The number of hydrogen-bond acceptors (Lipinski definition) is 3. The van der Waals surface area contributed by atoms with Crippen molar-refractivity contribution in [2.45, 2.75) is 31.7 Å². The Balaban J connectivity index is 2.15. The average Bonchev–Trinajstić information content (AvgIpc) is 3.00. The zero-order chi connectivity index (χ0) is 11.9. The van der Waals surface area contributed by atoms with Crippen LogP contribution < -0.4 is 5.73 Å². The summed E-state index contributed by atoms with van der Waals surface area (Å²) in [6.45, 7) is 0. The van der Waals surface area contributed by atoms with Crippen LogP contribution in [-0.2, 0) is 9.59 Å². The molecule has 0 aromatic heterocycles. The number of carboxylic acids is 2. The maximum absolute atomic E-state index is 11.2. The Bertz CT molecular complexity index is 309. The van der Waals surface area contributed by atoms with Crippen molar-refractivity contribution >= 4 is 11.9 Å². The quantitative estimate of drug-likeness (QED) is 0.614. The lowest BCUT2D eigenvalue weighted by atomic mass is 9.79. The highest BCUT2D eigenvalue weighted by Gasteiger charge is 2.50. The summed E-state index contributed by atoms with van der Waals surface area (Å²) >= 11 is 0. The molecule has 0 aliphatic heterocycles. The van der Waals surface area contributed by atoms with E-state index in [1.165, 1.54) is 0 Å². The number of rotatable bonds is 6. The molecule has 2 unspecified atom stereocenters. The van der Waals surface area contributed by atoms with Gasteiger partial charge < -0.3 is 15.9 Å². The summed E-state index contributed by atoms with van der Waals surface area (Å²) in [6.07, 6.45) is 3.63. The van der Waals surface area contributed by atoms with Crippen molar-refractivity contribution in [3.8, 4) is 0 Å². The molecule has 2 saturated carbocycles. The summed E-state index contributed by atoms with van der Waals surface area (Å²) in [5.74, 6) is -2.55. The van der Waals surface area contributed by atoms with E-state index >= 15 is 0 Å². The highest BCUT2D eigenvalue weighted by Crippen LogP contribution is 2.49. The molecule has 5 heteroatoms. The first kappa shape index (κ1) is 11.4. The summed E-state index contributed by atoms with van der Waals surface area (Å²) < 4.78 is 0. The number of hydrogen-bond donors (Lipinski definition) is 3. The monoisotopic (exact) mass is 227 g/mol. The molecule has 2 fully saturated rings. The molecular weight excluding hydrogens is 210 g/mol. The van der Waals surface area contributed by atoms with Gasteiger partial charge in [0, 0.05) is 5.92 Å². The van der Waals surface area contributed by atoms with Crippen LogP contribution in [0.5, 0.6) is 0 Å². The number of carboxylic acid groups (broad SMARTS) is 2. The van der Waals surface area contributed by atoms with Crippen LogP contribution >= 0.6 is 0 Å². The Morgan fingerprint density at radius 1 is 1.00 bits per heavy atom. The van der Waals surface area contributed by atoms with Crippen LogP contribution in [0.4, 0.5) is 0 Å². The molecule has 0 spiro atoms. The normalized spacial score (nSPS) is 25.8. The van der Waals surface area contributed by atoms with Gasteiger partial charge in [0.15, 0.2) is 0 Å². The molecule has 3 atom stereocenters. The molecule has 0 saturated heterocycles. The minimum atomic E-state index is -1.08. The van der Waals surface area contributed by atoms with E-state index in [-0.39, 0.29) is 17.8 Å². The maximum Gasteiger partial charge on any atom is 0.320 e. The lowest BCUT2D eigenvalue weighted by Crippen LogP contribution is -2.45. The van der Waals surface area contributed by atoms with E-state index in [2.05, 4.69) is 0 Å². The average molecular weight is 227 g/mol. The summed E-state index contributed by atoms with van der Waals surface area (Å²) in [7, 11) is 0. The van der Waals surface area contributed by atoms with Gasteiger partial charge in [0.25, 0.3) is 0 Å². The van der Waals surface area contributed by atoms with Crippen LogP contribution in [0.25, 0.3) is 0 Å². The molecule has 16 heavy (non-hydrogen) atoms. The fourth-order valence-electron chi connectivity index (χ4n) is 2.59. The molecule has 0 radical (unpaired) electrons. The van der Waals surface area contributed by atoms with Gasteiger partial charge in [-0.2, -0.15) is 0 Å². The van der Waals surface area contributed by atoms with Crippen molar-refractivity contribution in [2.75, 3.05) is 0 Å². The predicted octanol–water partition coefficient (Wildman–Crippen LogP) is 0.535. The molecule has 0 heterocycles. The molecule has 0 aromatic rings. The van der Waals surface area contributed by atoms with E-state index in [1.54, 1.807) is 0 Å². The molecule has 5 nitrogen and oxygen atoms in total. The third kappa shape index (κ3) is 2.19. The van der Waals surface area contributed by atoms with E-state index in [9.17, 15) is 14.7 Å². The van der Waals surface area contributed by atoms with Gasteiger partial charge in [-0.15, -0.1) is 0 Å². The highest BCUT2D eigenvalue weighted by atomic mass is 16.4. The fourth-order valence-corrected chi connectivity index (χ4v) is 2.59. The Morgan fingerprint density at radius 3 is 1.81 bits per heavy atom. The Kier molecular flexibility index (Phi) is 2.88. The van der Waals surface area contributed by atoms with Crippen molar-refractivity contribution in [1.82, 2.24) is 0 Å². The largest absolute Gasteiger partial charge is 0.481 e. The van der Waals surface area contributed by atoms with Gasteiger partial charge in [-0.25, -0.2) is 0 Å².